The Hall–Kier alpha value is -2.73. The van der Waals surface area contributed by atoms with E-state index in [9.17, 15) is 4.79 Å². The predicted molar refractivity (Wildman–Crippen MR) is 104 cm³/mol. The summed E-state index contributed by atoms with van der Waals surface area (Å²) in [7, 11) is 1.63. The number of carbonyl (C=O) groups is 1. The van der Waals surface area contributed by atoms with Gasteiger partial charge in [0.25, 0.3) is 0 Å². The molecule has 3 rings (SSSR count). The average Bonchev–Trinajstić information content (AvgIpc) is 2.68. The molecule has 2 N–H and O–H groups in total. The smallest absolute Gasteiger partial charge is 0.404 e. The number of carboxylic acid groups (broad SMARTS) is 1. The van der Waals surface area contributed by atoms with Crippen LogP contribution in [0.2, 0.25) is 0 Å². The molecule has 0 aromatic heterocycles. The van der Waals surface area contributed by atoms with E-state index in [0.29, 0.717) is 24.0 Å². The number of likely N-dealkylation sites (tertiary alicyclic amines) is 1. The first-order valence-corrected chi connectivity index (χ1v) is 9.23. The molecule has 6 nitrogen and oxygen atoms in total. The van der Waals surface area contributed by atoms with E-state index < -0.39 is 6.09 Å². The van der Waals surface area contributed by atoms with Crippen LogP contribution in [0, 0.1) is 5.92 Å². The Kier molecular flexibility index (Phi) is 6.54. The molecule has 1 saturated heterocycles. The minimum absolute atomic E-state index is 0.428. The van der Waals surface area contributed by atoms with Crippen molar-refractivity contribution in [3.8, 4) is 17.2 Å². The molecule has 1 aliphatic rings. The fourth-order valence-corrected chi connectivity index (χ4v) is 3.38. The summed E-state index contributed by atoms with van der Waals surface area (Å²) >= 11 is 0. The molecule has 0 radical (unpaired) electrons. The molecular weight excluding hydrogens is 344 g/mol. The first kappa shape index (κ1) is 19.0. The van der Waals surface area contributed by atoms with Crippen molar-refractivity contribution in [3.63, 3.8) is 0 Å². The zero-order valence-corrected chi connectivity index (χ0v) is 15.6. The van der Waals surface area contributed by atoms with E-state index in [1.165, 1.54) is 5.56 Å². The fourth-order valence-electron chi connectivity index (χ4n) is 3.38. The van der Waals surface area contributed by atoms with Gasteiger partial charge in [-0.25, -0.2) is 4.79 Å². The van der Waals surface area contributed by atoms with Crippen molar-refractivity contribution in [2.24, 2.45) is 5.92 Å². The molecule has 6 heteroatoms. The number of rotatable bonds is 7. The minimum Gasteiger partial charge on any atom is -0.493 e. The molecule has 0 spiro atoms. The van der Waals surface area contributed by atoms with Crippen molar-refractivity contribution < 1.29 is 19.4 Å². The lowest BCUT2D eigenvalue weighted by atomic mass is 9.96. The first-order valence-electron chi connectivity index (χ1n) is 9.23. The van der Waals surface area contributed by atoms with E-state index in [0.717, 1.165) is 38.2 Å². The van der Waals surface area contributed by atoms with Crippen LogP contribution in [0.5, 0.6) is 17.2 Å². The molecule has 0 unspecified atom stereocenters. The van der Waals surface area contributed by atoms with Crippen molar-refractivity contribution in [1.29, 1.82) is 0 Å². The number of nitrogens with one attached hydrogen (secondary N) is 1. The number of hydrogen-bond donors (Lipinski definition) is 2. The Morgan fingerprint density at radius 3 is 2.59 bits per heavy atom. The summed E-state index contributed by atoms with van der Waals surface area (Å²) in [5.74, 6) is 2.62. The van der Waals surface area contributed by atoms with Gasteiger partial charge in [-0.3, -0.25) is 4.90 Å². The minimum atomic E-state index is -0.940. The molecule has 0 saturated carbocycles. The molecule has 0 atom stereocenters. The molecule has 1 aliphatic heterocycles. The van der Waals surface area contributed by atoms with Gasteiger partial charge in [0.2, 0.25) is 0 Å². The largest absolute Gasteiger partial charge is 0.493 e. The number of hydrogen-bond acceptors (Lipinski definition) is 4. The Morgan fingerprint density at radius 1 is 1.15 bits per heavy atom. The van der Waals surface area contributed by atoms with Crippen LogP contribution in [0.15, 0.2) is 48.5 Å². The van der Waals surface area contributed by atoms with Crippen molar-refractivity contribution >= 4 is 6.09 Å². The third-order valence-electron chi connectivity index (χ3n) is 4.85. The third kappa shape index (κ3) is 5.62. The summed E-state index contributed by atoms with van der Waals surface area (Å²) in [4.78, 5) is 13.0. The topological polar surface area (TPSA) is 71.0 Å². The van der Waals surface area contributed by atoms with Gasteiger partial charge in [0, 0.05) is 13.1 Å². The lowest BCUT2D eigenvalue weighted by Crippen LogP contribution is -2.37. The Bertz CT molecular complexity index is 757. The lowest BCUT2D eigenvalue weighted by molar-refractivity contribution is 0.166. The van der Waals surface area contributed by atoms with E-state index in [-0.39, 0.29) is 0 Å². The number of amides is 1. The van der Waals surface area contributed by atoms with Crippen LogP contribution in [-0.2, 0) is 6.54 Å². The second kappa shape index (κ2) is 9.28. The molecule has 2 aromatic carbocycles. The second-order valence-electron chi connectivity index (χ2n) is 6.81. The Balaban J connectivity index is 1.55. The number of para-hydroxylation sites is 2. The highest BCUT2D eigenvalue weighted by Crippen LogP contribution is 2.31. The number of ether oxygens (including phenoxy) is 2. The summed E-state index contributed by atoms with van der Waals surface area (Å²) in [5.41, 5.74) is 1.20. The SMILES string of the molecule is COc1ccccc1Oc1cccc(CN2CCC(CNC(=O)O)CC2)c1. The average molecular weight is 370 g/mol. The van der Waals surface area contributed by atoms with Crippen molar-refractivity contribution in [2.45, 2.75) is 19.4 Å². The van der Waals surface area contributed by atoms with E-state index in [2.05, 4.69) is 22.3 Å². The van der Waals surface area contributed by atoms with Crippen LogP contribution in [0.25, 0.3) is 0 Å². The number of methoxy groups -OCH3 is 1. The predicted octanol–water partition coefficient (Wildman–Crippen LogP) is 3.97. The summed E-state index contributed by atoms with van der Waals surface area (Å²) in [6.07, 6.45) is 1.08. The summed E-state index contributed by atoms with van der Waals surface area (Å²) in [6, 6.07) is 15.7. The molecule has 2 aromatic rings. The normalized spacial score (nSPS) is 15.3. The van der Waals surface area contributed by atoms with E-state index >= 15 is 0 Å². The standard InChI is InChI=1S/C21H26N2O4/c1-26-19-7-2-3-8-20(19)27-18-6-4-5-17(13-18)15-23-11-9-16(10-12-23)14-22-21(24)25/h2-8,13,16,22H,9-12,14-15H2,1H3,(H,24,25). The molecule has 27 heavy (non-hydrogen) atoms. The maximum absolute atomic E-state index is 10.6. The summed E-state index contributed by atoms with van der Waals surface area (Å²) in [5, 5.41) is 11.2. The maximum atomic E-state index is 10.6. The summed E-state index contributed by atoms with van der Waals surface area (Å²) in [6.45, 7) is 3.36. The molecule has 0 aliphatic carbocycles. The molecule has 144 valence electrons. The van der Waals surface area contributed by atoms with Gasteiger partial charge in [-0.15, -0.1) is 0 Å². The van der Waals surface area contributed by atoms with Gasteiger partial charge in [0.05, 0.1) is 7.11 Å². The monoisotopic (exact) mass is 370 g/mol. The van der Waals surface area contributed by atoms with Crippen LogP contribution in [-0.4, -0.2) is 42.8 Å². The first-order chi connectivity index (χ1) is 13.1. The highest BCUT2D eigenvalue weighted by atomic mass is 16.5. The van der Waals surface area contributed by atoms with Crippen LogP contribution in [0.1, 0.15) is 18.4 Å². The van der Waals surface area contributed by atoms with Gasteiger partial charge in [-0.05, 0) is 61.7 Å². The van der Waals surface area contributed by atoms with Gasteiger partial charge in [-0.2, -0.15) is 0 Å². The van der Waals surface area contributed by atoms with Crippen LogP contribution >= 0.6 is 0 Å². The Morgan fingerprint density at radius 2 is 1.89 bits per heavy atom. The second-order valence-corrected chi connectivity index (χ2v) is 6.81. The van der Waals surface area contributed by atoms with Crippen LogP contribution in [0.3, 0.4) is 0 Å². The third-order valence-corrected chi connectivity index (χ3v) is 4.85. The summed E-state index contributed by atoms with van der Waals surface area (Å²) < 4.78 is 11.3. The number of piperidine rings is 1. The molecule has 0 bridgehead atoms. The van der Waals surface area contributed by atoms with Crippen molar-refractivity contribution in [1.82, 2.24) is 10.2 Å². The molecular formula is C21H26N2O4. The number of nitrogens with zero attached hydrogens (tertiary/aromatic N) is 1. The van der Waals surface area contributed by atoms with Gasteiger partial charge in [0.1, 0.15) is 5.75 Å². The van der Waals surface area contributed by atoms with E-state index in [4.69, 9.17) is 14.6 Å². The highest BCUT2D eigenvalue weighted by Gasteiger charge is 2.19. The van der Waals surface area contributed by atoms with Crippen molar-refractivity contribution in [3.05, 3.63) is 54.1 Å². The molecule has 1 heterocycles. The number of benzene rings is 2. The molecule has 1 amide bonds. The van der Waals surface area contributed by atoms with Crippen molar-refractivity contribution in [2.75, 3.05) is 26.7 Å². The zero-order chi connectivity index (χ0) is 19.1. The quantitative estimate of drug-likeness (QED) is 0.772. The van der Waals surface area contributed by atoms with Gasteiger partial charge in [-0.1, -0.05) is 24.3 Å². The van der Waals surface area contributed by atoms with E-state index in [1.54, 1.807) is 7.11 Å². The van der Waals surface area contributed by atoms with Gasteiger partial charge < -0.3 is 19.9 Å². The lowest BCUT2D eigenvalue weighted by Gasteiger charge is -2.31. The van der Waals surface area contributed by atoms with Gasteiger partial charge >= 0.3 is 6.09 Å². The van der Waals surface area contributed by atoms with Crippen LogP contribution < -0.4 is 14.8 Å². The molecule has 1 fully saturated rings. The van der Waals surface area contributed by atoms with Crippen LogP contribution in [0.4, 0.5) is 4.79 Å². The fraction of sp³-hybridized carbons (Fsp3) is 0.381. The zero-order valence-electron chi connectivity index (χ0n) is 15.6. The van der Waals surface area contributed by atoms with E-state index in [1.807, 2.05) is 36.4 Å². The Labute approximate surface area is 159 Å². The maximum Gasteiger partial charge on any atom is 0.404 e. The highest BCUT2D eigenvalue weighted by molar-refractivity contribution is 5.64. The van der Waals surface area contributed by atoms with Gasteiger partial charge in [0.15, 0.2) is 11.5 Å².